The van der Waals surface area contributed by atoms with Crippen LogP contribution in [0.15, 0.2) is 61.1 Å². The molecule has 0 aliphatic rings. The van der Waals surface area contributed by atoms with Crippen molar-refractivity contribution in [1.29, 1.82) is 0 Å². The summed E-state index contributed by atoms with van der Waals surface area (Å²) in [6, 6.07) is 5.51. The molecule has 0 saturated carbocycles. The largest absolute Gasteiger partial charge is 0.416 e. The van der Waals surface area contributed by atoms with E-state index >= 15 is 0 Å². The molecule has 4 heteroatoms. The van der Waals surface area contributed by atoms with Crippen LogP contribution in [-0.2, 0) is 6.18 Å². The number of hydrogen-bond acceptors (Lipinski definition) is 0. The van der Waals surface area contributed by atoms with Crippen molar-refractivity contribution in [1.82, 2.24) is 0 Å². The molecular formula is C13H13F3Si. The molecule has 0 aliphatic heterocycles. The molecule has 1 aromatic carbocycles. The van der Waals surface area contributed by atoms with Gasteiger partial charge in [0.05, 0.1) is 5.56 Å². The molecular weight excluding hydrogens is 241 g/mol. The lowest BCUT2D eigenvalue weighted by atomic mass is 10.2. The normalized spacial score (nSPS) is 11.9. The highest BCUT2D eigenvalue weighted by molar-refractivity contribution is 7.03. The lowest BCUT2D eigenvalue weighted by Gasteiger charge is -2.24. The maximum absolute atomic E-state index is 12.9. The first kappa shape index (κ1) is 13.5. The second-order valence-corrected chi connectivity index (χ2v) is 7.22. The number of rotatable bonds is 4. The standard InChI is InChI=1S/C13H13F3Si/c1-4-17(5-2,6-3)12-10-8-7-9-11(12)13(14,15)16/h4-10H,1-3H2. The third-order valence-corrected chi connectivity index (χ3v) is 6.11. The van der Waals surface area contributed by atoms with Gasteiger partial charge in [0.1, 0.15) is 0 Å². The van der Waals surface area contributed by atoms with Gasteiger partial charge in [-0.1, -0.05) is 41.4 Å². The Kier molecular flexibility index (Phi) is 3.78. The molecule has 1 rings (SSSR count). The van der Waals surface area contributed by atoms with Crippen LogP contribution in [0.5, 0.6) is 0 Å². The zero-order valence-corrected chi connectivity index (χ0v) is 10.3. The Morgan fingerprint density at radius 1 is 0.941 bits per heavy atom. The zero-order valence-electron chi connectivity index (χ0n) is 9.30. The maximum Gasteiger partial charge on any atom is 0.416 e. The van der Waals surface area contributed by atoms with Crippen molar-refractivity contribution in [2.45, 2.75) is 6.18 Å². The van der Waals surface area contributed by atoms with Gasteiger partial charge in [-0.05, 0) is 5.19 Å². The molecule has 0 aliphatic carbocycles. The Balaban J connectivity index is 3.55. The zero-order chi connectivity index (χ0) is 13.1. The van der Waals surface area contributed by atoms with E-state index in [1.807, 2.05) is 0 Å². The van der Waals surface area contributed by atoms with Gasteiger partial charge in [-0.2, -0.15) is 13.2 Å². The molecule has 0 N–H and O–H groups in total. The van der Waals surface area contributed by atoms with E-state index in [-0.39, 0.29) is 5.19 Å². The molecule has 0 atom stereocenters. The topological polar surface area (TPSA) is 0 Å². The van der Waals surface area contributed by atoms with Crippen molar-refractivity contribution in [3.63, 3.8) is 0 Å². The van der Waals surface area contributed by atoms with Gasteiger partial charge in [0.25, 0.3) is 0 Å². The Morgan fingerprint density at radius 3 is 1.82 bits per heavy atom. The summed E-state index contributed by atoms with van der Waals surface area (Å²) in [5.74, 6) is 0. The molecule has 0 nitrogen and oxygen atoms in total. The van der Waals surface area contributed by atoms with Crippen LogP contribution < -0.4 is 5.19 Å². The molecule has 0 aromatic heterocycles. The Morgan fingerprint density at radius 2 is 1.41 bits per heavy atom. The van der Waals surface area contributed by atoms with Crippen LogP contribution in [0.4, 0.5) is 13.2 Å². The smallest absolute Gasteiger partial charge is 0.166 e. The van der Waals surface area contributed by atoms with Crippen molar-refractivity contribution >= 4 is 13.3 Å². The first-order valence-corrected chi connectivity index (χ1v) is 7.22. The summed E-state index contributed by atoms with van der Waals surface area (Å²) in [6.45, 7) is 10.9. The first-order valence-electron chi connectivity index (χ1n) is 4.99. The van der Waals surface area contributed by atoms with Crippen LogP contribution in [0.1, 0.15) is 5.56 Å². The van der Waals surface area contributed by atoms with Crippen molar-refractivity contribution < 1.29 is 13.2 Å². The highest BCUT2D eigenvalue weighted by Crippen LogP contribution is 2.29. The summed E-state index contributed by atoms with van der Waals surface area (Å²) in [4.78, 5) is 0. The van der Waals surface area contributed by atoms with Crippen LogP contribution >= 0.6 is 0 Å². The summed E-state index contributed by atoms with van der Waals surface area (Å²) in [7, 11) is -2.68. The van der Waals surface area contributed by atoms with Crippen molar-refractivity contribution in [2.24, 2.45) is 0 Å². The van der Waals surface area contributed by atoms with Crippen LogP contribution in [0, 0.1) is 0 Å². The Bertz CT molecular complexity index is 424. The minimum atomic E-state index is -4.37. The van der Waals surface area contributed by atoms with E-state index in [0.29, 0.717) is 0 Å². The Hall–Kier alpha value is -1.55. The number of halogens is 3. The van der Waals surface area contributed by atoms with E-state index in [1.54, 1.807) is 6.07 Å². The fraction of sp³-hybridized carbons (Fsp3) is 0.0769. The van der Waals surface area contributed by atoms with E-state index in [2.05, 4.69) is 19.7 Å². The lowest BCUT2D eigenvalue weighted by molar-refractivity contribution is -0.136. The minimum absolute atomic E-state index is 0.229. The molecule has 0 fully saturated rings. The van der Waals surface area contributed by atoms with E-state index in [4.69, 9.17) is 0 Å². The van der Waals surface area contributed by atoms with Gasteiger partial charge in [0.15, 0.2) is 8.07 Å². The van der Waals surface area contributed by atoms with Crippen molar-refractivity contribution in [2.75, 3.05) is 0 Å². The van der Waals surface area contributed by atoms with E-state index in [1.165, 1.54) is 29.2 Å². The van der Waals surface area contributed by atoms with E-state index in [0.717, 1.165) is 6.07 Å². The molecule has 0 saturated heterocycles. The lowest BCUT2D eigenvalue weighted by Crippen LogP contribution is -2.46. The molecule has 0 bridgehead atoms. The number of alkyl halides is 3. The van der Waals surface area contributed by atoms with Gasteiger partial charge in [0.2, 0.25) is 0 Å². The van der Waals surface area contributed by atoms with Crippen LogP contribution in [0.2, 0.25) is 0 Å². The fourth-order valence-corrected chi connectivity index (χ4v) is 3.92. The quantitative estimate of drug-likeness (QED) is 0.721. The van der Waals surface area contributed by atoms with Crippen LogP contribution in [-0.4, -0.2) is 8.07 Å². The van der Waals surface area contributed by atoms with E-state index < -0.39 is 19.8 Å². The Labute approximate surface area is 99.8 Å². The van der Waals surface area contributed by atoms with Gasteiger partial charge in [-0.25, -0.2) is 0 Å². The van der Waals surface area contributed by atoms with Gasteiger partial charge in [-0.3, -0.25) is 0 Å². The summed E-state index contributed by atoms with van der Waals surface area (Å²) >= 11 is 0. The van der Waals surface area contributed by atoms with Crippen LogP contribution in [0.3, 0.4) is 0 Å². The predicted octanol–water partition coefficient (Wildman–Crippen LogP) is 3.54. The molecule has 90 valence electrons. The molecule has 0 heterocycles. The molecule has 0 amide bonds. The summed E-state index contributed by atoms with van der Waals surface area (Å²) in [5.41, 5.74) is 3.98. The highest BCUT2D eigenvalue weighted by Gasteiger charge is 2.38. The third-order valence-electron chi connectivity index (χ3n) is 2.71. The van der Waals surface area contributed by atoms with Gasteiger partial charge >= 0.3 is 6.18 Å². The average molecular weight is 254 g/mol. The van der Waals surface area contributed by atoms with Crippen molar-refractivity contribution in [3.05, 3.63) is 66.7 Å². The first-order chi connectivity index (χ1) is 7.91. The molecule has 0 spiro atoms. The van der Waals surface area contributed by atoms with Crippen molar-refractivity contribution in [3.8, 4) is 0 Å². The van der Waals surface area contributed by atoms with Gasteiger partial charge in [0, 0.05) is 0 Å². The van der Waals surface area contributed by atoms with Gasteiger partial charge in [-0.15, -0.1) is 19.7 Å². The number of benzene rings is 1. The summed E-state index contributed by atoms with van der Waals surface area (Å²) < 4.78 is 38.7. The second kappa shape index (κ2) is 4.75. The summed E-state index contributed by atoms with van der Waals surface area (Å²) in [5, 5.41) is 0.229. The predicted molar refractivity (Wildman–Crippen MR) is 67.4 cm³/mol. The van der Waals surface area contributed by atoms with E-state index in [9.17, 15) is 13.2 Å². The van der Waals surface area contributed by atoms with Gasteiger partial charge < -0.3 is 0 Å². The molecule has 0 radical (unpaired) electrons. The number of hydrogen-bond donors (Lipinski definition) is 0. The maximum atomic E-state index is 12.9. The fourth-order valence-electron chi connectivity index (χ4n) is 1.69. The molecule has 1 aromatic rings. The molecule has 0 unspecified atom stereocenters. The summed E-state index contributed by atoms with van der Waals surface area (Å²) in [6.07, 6.45) is -4.37. The minimum Gasteiger partial charge on any atom is -0.166 e. The SMILES string of the molecule is C=C[Si](C=C)(C=C)c1ccccc1C(F)(F)F. The average Bonchev–Trinajstić information content (AvgIpc) is 2.31. The van der Waals surface area contributed by atoms with Crippen LogP contribution in [0.25, 0.3) is 0 Å². The second-order valence-electron chi connectivity index (χ2n) is 3.59. The monoisotopic (exact) mass is 254 g/mol. The molecule has 17 heavy (non-hydrogen) atoms. The third kappa shape index (κ3) is 2.41. The highest BCUT2D eigenvalue weighted by atomic mass is 28.3.